The van der Waals surface area contributed by atoms with Gasteiger partial charge in [0.2, 0.25) is 0 Å². The van der Waals surface area contributed by atoms with Gasteiger partial charge in [0.15, 0.2) is 0 Å². The molecule has 0 heterocycles. The van der Waals surface area contributed by atoms with Gasteiger partial charge in [0.1, 0.15) is 0 Å². The Bertz CT molecular complexity index is 375. The summed E-state index contributed by atoms with van der Waals surface area (Å²) in [4.78, 5) is 10.4. The van der Waals surface area contributed by atoms with Crippen LogP contribution in [-0.2, 0) is 6.54 Å². The van der Waals surface area contributed by atoms with E-state index in [4.69, 9.17) is 0 Å². The Morgan fingerprint density at radius 1 is 1.38 bits per heavy atom. The van der Waals surface area contributed by atoms with E-state index >= 15 is 0 Å². The average molecular weight is 220 g/mol. The fourth-order valence-corrected chi connectivity index (χ4v) is 1.77. The molecule has 0 atom stereocenters. The van der Waals surface area contributed by atoms with Gasteiger partial charge in [-0.2, -0.15) is 0 Å². The van der Waals surface area contributed by atoms with Gasteiger partial charge in [-0.1, -0.05) is 31.0 Å². The van der Waals surface area contributed by atoms with Crippen molar-refractivity contribution in [2.24, 2.45) is 5.92 Å². The molecule has 1 aromatic rings. The summed E-state index contributed by atoms with van der Waals surface area (Å²) in [6.07, 6.45) is 3.90. The summed E-state index contributed by atoms with van der Waals surface area (Å²) in [6, 6.07) is 6.90. The molecule has 0 aliphatic heterocycles. The topological polar surface area (TPSA) is 55.2 Å². The molecule has 0 saturated heterocycles. The fraction of sp³-hybridized carbons (Fsp3) is 0.500. The molecule has 1 saturated carbocycles. The Hall–Kier alpha value is -1.42. The highest BCUT2D eigenvalue weighted by Crippen LogP contribution is 2.31. The van der Waals surface area contributed by atoms with Crippen molar-refractivity contribution < 1.29 is 4.92 Å². The third-order valence-corrected chi connectivity index (χ3v) is 2.93. The van der Waals surface area contributed by atoms with Crippen LogP contribution >= 0.6 is 0 Å². The smallest absolute Gasteiger partial charge is 0.273 e. The molecule has 0 spiro atoms. The van der Waals surface area contributed by atoms with Gasteiger partial charge in [-0.05, 0) is 18.9 Å². The first-order chi connectivity index (χ1) is 7.77. The standard InChI is InChI=1S/C12H16N2O2/c15-14(16)12-4-2-1-3-11(12)9-13-8-7-10-5-6-10/h1-4,10,13H,5-9H2. The highest BCUT2D eigenvalue weighted by Gasteiger charge is 2.20. The summed E-state index contributed by atoms with van der Waals surface area (Å²) in [5.41, 5.74) is 0.977. The number of hydrogen-bond donors (Lipinski definition) is 1. The predicted octanol–water partition coefficient (Wildman–Crippen LogP) is 2.48. The zero-order valence-corrected chi connectivity index (χ0v) is 9.19. The highest BCUT2D eigenvalue weighted by atomic mass is 16.6. The van der Waals surface area contributed by atoms with Crippen LogP contribution in [0.2, 0.25) is 0 Å². The van der Waals surface area contributed by atoms with Crippen molar-refractivity contribution in [1.29, 1.82) is 0 Å². The molecule has 0 amide bonds. The van der Waals surface area contributed by atoms with Crippen LogP contribution in [0.25, 0.3) is 0 Å². The molecule has 4 nitrogen and oxygen atoms in total. The van der Waals surface area contributed by atoms with Crippen LogP contribution in [0.15, 0.2) is 24.3 Å². The summed E-state index contributed by atoms with van der Waals surface area (Å²) in [7, 11) is 0. The fourth-order valence-electron chi connectivity index (χ4n) is 1.77. The van der Waals surface area contributed by atoms with Crippen molar-refractivity contribution >= 4 is 5.69 Å². The van der Waals surface area contributed by atoms with E-state index < -0.39 is 0 Å². The van der Waals surface area contributed by atoms with Crippen LogP contribution in [-0.4, -0.2) is 11.5 Å². The number of hydrogen-bond acceptors (Lipinski definition) is 3. The van der Waals surface area contributed by atoms with Crippen molar-refractivity contribution in [2.45, 2.75) is 25.8 Å². The van der Waals surface area contributed by atoms with Gasteiger partial charge in [-0.3, -0.25) is 10.1 Å². The lowest BCUT2D eigenvalue weighted by molar-refractivity contribution is -0.385. The van der Waals surface area contributed by atoms with Gasteiger partial charge >= 0.3 is 0 Å². The maximum absolute atomic E-state index is 10.8. The molecular weight excluding hydrogens is 204 g/mol. The lowest BCUT2D eigenvalue weighted by Gasteiger charge is -2.04. The Labute approximate surface area is 94.8 Å². The molecule has 0 unspecified atom stereocenters. The quantitative estimate of drug-likeness (QED) is 0.455. The van der Waals surface area contributed by atoms with Crippen LogP contribution in [0.1, 0.15) is 24.8 Å². The van der Waals surface area contributed by atoms with Crippen molar-refractivity contribution in [3.8, 4) is 0 Å². The maximum Gasteiger partial charge on any atom is 0.273 e. The molecule has 1 fully saturated rings. The summed E-state index contributed by atoms with van der Waals surface area (Å²) in [5, 5.41) is 14.0. The minimum absolute atomic E-state index is 0.210. The Kier molecular flexibility index (Phi) is 3.51. The van der Waals surface area contributed by atoms with E-state index in [1.54, 1.807) is 12.1 Å². The SMILES string of the molecule is O=[N+]([O-])c1ccccc1CNCCC1CC1. The summed E-state index contributed by atoms with van der Waals surface area (Å²) in [6.45, 7) is 1.54. The maximum atomic E-state index is 10.8. The van der Waals surface area contributed by atoms with Crippen molar-refractivity contribution in [1.82, 2.24) is 5.32 Å². The third kappa shape index (κ3) is 3.03. The lowest BCUT2D eigenvalue weighted by atomic mass is 10.2. The lowest BCUT2D eigenvalue weighted by Crippen LogP contribution is -2.16. The average Bonchev–Trinajstić information content (AvgIpc) is 3.08. The number of rotatable bonds is 6. The second kappa shape index (κ2) is 5.07. The first kappa shape index (κ1) is 11.1. The van der Waals surface area contributed by atoms with Crippen LogP contribution in [0, 0.1) is 16.0 Å². The number of para-hydroxylation sites is 1. The largest absolute Gasteiger partial charge is 0.312 e. The molecule has 1 N–H and O–H groups in total. The van der Waals surface area contributed by atoms with E-state index in [2.05, 4.69) is 5.32 Å². The molecule has 4 heteroatoms. The van der Waals surface area contributed by atoms with Crippen LogP contribution in [0.3, 0.4) is 0 Å². The first-order valence-corrected chi connectivity index (χ1v) is 5.70. The van der Waals surface area contributed by atoms with E-state index in [0.29, 0.717) is 6.54 Å². The number of nitrogens with zero attached hydrogens (tertiary/aromatic N) is 1. The van der Waals surface area contributed by atoms with Crippen molar-refractivity contribution in [2.75, 3.05) is 6.54 Å². The summed E-state index contributed by atoms with van der Waals surface area (Å²) in [5.74, 6) is 0.901. The molecule has 16 heavy (non-hydrogen) atoms. The molecule has 1 aliphatic rings. The molecule has 0 bridgehead atoms. The summed E-state index contributed by atoms with van der Waals surface area (Å²) < 4.78 is 0. The zero-order valence-electron chi connectivity index (χ0n) is 9.19. The molecule has 2 rings (SSSR count). The molecular formula is C12H16N2O2. The summed E-state index contributed by atoms with van der Waals surface area (Å²) >= 11 is 0. The minimum atomic E-state index is -0.322. The molecule has 0 radical (unpaired) electrons. The Balaban J connectivity index is 1.84. The number of nitrogens with one attached hydrogen (secondary N) is 1. The van der Waals surface area contributed by atoms with Crippen LogP contribution in [0.4, 0.5) is 5.69 Å². The van der Waals surface area contributed by atoms with E-state index in [1.807, 2.05) is 12.1 Å². The first-order valence-electron chi connectivity index (χ1n) is 5.70. The number of nitro groups is 1. The molecule has 1 aromatic carbocycles. The van der Waals surface area contributed by atoms with Gasteiger partial charge in [-0.25, -0.2) is 0 Å². The monoisotopic (exact) mass is 220 g/mol. The Morgan fingerprint density at radius 2 is 2.12 bits per heavy atom. The second-order valence-electron chi connectivity index (χ2n) is 4.29. The van der Waals surface area contributed by atoms with Gasteiger partial charge < -0.3 is 5.32 Å². The predicted molar refractivity (Wildman–Crippen MR) is 62.1 cm³/mol. The van der Waals surface area contributed by atoms with Crippen LogP contribution in [0.5, 0.6) is 0 Å². The van der Waals surface area contributed by atoms with Crippen molar-refractivity contribution in [3.63, 3.8) is 0 Å². The third-order valence-electron chi connectivity index (χ3n) is 2.93. The zero-order chi connectivity index (χ0) is 11.4. The van der Waals surface area contributed by atoms with E-state index in [0.717, 1.165) is 18.0 Å². The second-order valence-corrected chi connectivity index (χ2v) is 4.29. The van der Waals surface area contributed by atoms with E-state index in [9.17, 15) is 10.1 Å². The van der Waals surface area contributed by atoms with E-state index in [1.165, 1.54) is 19.3 Å². The van der Waals surface area contributed by atoms with Gasteiger partial charge in [0, 0.05) is 18.2 Å². The van der Waals surface area contributed by atoms with Gasteiger partial charge in [-0.15, -0.1) is 0 Å². The number of benzene rings is 1. The normalized spacial score (nSPS) is 15.0. The molecule has 0 aromatic heterocycles. The van der Waals surface area contributed by atoms with Gasteiger partial charge in [0.25, 0.3) is 5.69 Å². The van der Waals surface area contributed by atoms with Crippen LogP contribution < -0.4 is 5.32 Å². The van der Waals surface area contributed by atoms with Gasteiger partial charge in [0.05, 0.1) is 4.92 Å². The molecule has 1 aliphatic carbocycles. The van der Waals surface area contributed by atoms with E-state index in [-0.39, 0.29) is 10.6 Å². The van der Waals surface area contributed by atoms with Crippen molar-refractivity contribution in [3.05, 3.63) is 39.9 Å². The highest BCUT2D eigenvalue weighted by molar-refractivity contribution is 5.39. The Morgan fingerprint density at radius 3 is 2.81 bits per heavy atom. The minimum Gasteiger partial charge on any atom is -0.312 e. The molecule has 86 valence electrons. The number of nitro benzene ring substituents is 1.